The molecule has 18 heavy (non-hydrogen) atoms. The summed E-state index contributed by atoms with van der Waals surface area (Å²) in [6, 6.07) is 4.37. The third-order valence-corrected chi connectivity index (χ3v) is 3.59. The zero-order chi connectivity index (χ0) is 13.1. The first-order valence-corrected chi connectivity index (χ1v) is 6.75. The second-order valence-electron chi connectivity index (χ2n) is 5.10. The molecule has 4 nitrogen and oxygen atoms in total. The maximum absolute atomic E-state index is 5.87. The van der Waals surface area contributed by atoms with Gasteiger partial charge in [0.2, 0.25) is 5.88 Å². The largest absolute Gasteiger partial charge is 0.476 e. The van der Waals surface area contributed by atoms with E-state index in [4.69, 9.17) is 10.5 Å². The van der Waals surface area contributed by atoms with Gasteiger partial charge in [-0.05, 0) is 44.2 Å². The summed E-state index contributed by atoms with van der Waals surface area (Å²) < 4.78 is 5.57. The van der Waals surface area contributed by atoms with Gasteiger partial charge in [0.25, 0.3) is 0 Å². The molecule has 0 amide bonds. The van der Waals surface area contributed by atoms with E-state index in [0.29, 0.717) is 24.2 Å². The number of anilines is 2. The Kier molecular flexibility index (Phi) is 3.94. The van der Waals surface area contributed by atoms with E-state index in [1.807, 2.05) is 12.1 Å². The lowest BCUT2D eigenvalue weighted by Crippen LogP contribution is -2.31. The van der Waals surface area contributed by atoms with Crippen LogP contribution < -0.4 is 15.4 Å². The van der Waals surface area contributed by atoms with Crippen molar-refractivity contribution in [3.8, 4) is 5.88 Å². The average Bonchev–Trinajstić information content (AvgIpc) is 3.20. The molecular formula is C14H23N3O. The van der Waals surface area contributed by atoms with Crippen molar-refractivity contribution >= 4 is 11.5 Å². The minimum Gasteiger partial charge on any atom is -0.476 e. The molecule has 2 N–H and O–H groups in total. The van der Waals surface area contributed by atoms with Crippen molar-refractivity contribution in [1.82, 2.24) is 4.98 Å². The first-order valence-electron chi connectivity index (χ1n) is 6.75. The molecule has 0 bridgehead atoms. The topological polar surface area (TPSA) is 51.4 Å². The fourth-order valence-corrected chi connectivity index (χ4v) is 2.06. The molecule has 1 aromatic rings. The molecule has 1 aromatic heterocycles. The van der Waals surface area contributed by atoms with Crippen molar-refractivity contribution < 1.29 is 4.74 Å². The highest BCUT2D eigenvalue weighted by Gasteiger charge is 2.31. The number of hydrogen-bond acceptors (Lipinski definition) is 4. The summed E-state index contributed by atoms with van der Waals surface area (Å²) in [4.78, 5) is 6.74. The van der Waals surface area contributed by atoms with Crippen LogP contribution in [0, 0.1) is 5.92 Å². The smallest absolute Gasteiger partial charge is 0.239 e. The Balaban J connectivity index is 2.11. The van der Waals surface area contributed by atoms with Gasteiger partial charge in [0.15, 0.2) is 0 Å². The number of rotatable bonds is 6. The van der Waals surface area contributed by atoms with Gasteiger partial charge in [-0.1, -0.05) is 6.92 Å². The number of ether oxygens (including phenoxy) is 1. The summed E-state index contributed by atoms with van der Waals surface area (Å²) >= 11 is 0. The molecule has 1 aliphatic rings. The molecule has 2 rings (SSSR count). The van der Waals surface area contributed by atoms with Gasteiger partial charge in [0.05, 0.1) is 12.3 Å². The van der Waals surface area contributed by atoms with Crippen LogP contribution in [0.3, 0.4) is 0 Å². The van der Waals surface area contributed by atoms with Crippen LogP contribution in [0.15, 0.2) is 12.1 Å². The van der Waals surface area contributed by atoms with Crippen molar-refractivity contribution in [3.05, 3.63) is 12.1 Å². The van der Waals surface area contributed by atoms with Crippen LogP contribution in [0.2, 0.25) is 0 Å². The van der Waals surface area contributed by atoms with Crippen LogP contribution in [0.25, 0.3) is 0 Å². The normalized spacial score (nSPS) is 16.4. The number of hydrogen-bond donors (Lipinski definition) is 1. The van der Waals surface area contributed by atoms with E-state index in [-0.39, 0.29) is 0 Å². The fraction of sp³-hybridized carbons (Fsp3) is 0.643. The quantitative estimate of drug-likeness (QED) is 0.842. The van der Waals surface area contributed by atoms with E-state index in [0.717, 1.165) is 18.2 Å². The molecule has 1 atom stereocenters. The predicted molar refractivity (Wildman–Crippen MR) is 75.0 cm³/mol. The van der Waals surface area contributed by atoms with Crippen LogP contribution in [-0.2, 0) is 0 Å². The fourth-order valence-electron chi connectivity index (χ4n) is 2.06. The molecule has 0 aliphatic heterocycles. The second-order valence-corrected chi connectivity index (χ2v) is 5.10. The van der Waals surface area contributed by atoms with E-state index in [9.17, 15) is 0 Å². The maximum Gasteiger partial charge on any atom is 0.239 e. The Bertz CT molecular complexity index is 404. The molecule has 1 heterocycles. The number of nitrogens with zero attached hydrogens (tertiary/aromatic N) is 2. The Morgan fingerprint density at radius 2 is 2.22 bits per heavy atom. The van der Waals surface area contributed by atoms with E-state index >= 15 is 0 Å². The van der Waals surface area contributed by atoms with Gasteiger partial charge >= 0.3 is 0 Å². The molecule has 100 valence electrons. The molecule has 4 heteroatoms. The first kappa shape index (κ1) is 13.0. The van der Waals surface area contributed by atoms with Crippen LogP contribution >= 0.6 is 0 Å². The highest BCUT2D eigenvalue weighted by atomic mass is 16.5. The maximum atomic E-state index is 5.87. The summed E-state index contributed by atoms with van der Waals surface area (Å²) in [7, 11) is 2.09. The number of nitrogens with two attached hydrogens (primary N) is 1. The molecule has 1 aliphatic carbocycles. The first-order chi connectivity index (χ1) is 8.63. The Labute approximate surface area is 109 Å². The SMILES string of the molecule is CCCOc1nc(N(C)C(C)C2CC2)ccc1N. The van der Waals surface area contributed by atoms with Crippen LogP contribution in [-0.4, -0.2) is 24.7 Å². The van der Waals surface area contributed by atoms with Gasteiger partial charge in [-0.3, -0.25) is 0 Å². The molecule has 1 unspecified atom stereocenters. The summed E-state index contributed by atoms with van der Waals surface area (Å²) in [6.45, 7) is 4.98. The summed E-state index contributed by atoms with van der Waals surface area (Å²) in [5.74, 6) is 2.31. The van der Waals surface area contributed by atoms with Gasteiger partial charge in [-0.2, -0.15) is 4.98 Å². The van der Waals surface area contributed by atoms with Crippen LogP contribution in [0.5, 0.6) is 5.88 Å². The van der Waals surface area contributed by atoms with Crippen molar-refractivity contribution in [2.45, 2.75) is 39.2 Å². The summed E-state index contributed by atoms with van der Waals surface area (Å²) in [6.07, 6.45) is 3.62. The van der Waals surface area contributed by atoms with Crippen molar-refractivity contribution in [2.24, 2.45) is 5.92 Å². The molecule has 1 saturated carbocycles. The Morgan fingerprint density at radius 1 is 1.50 bits per heavy atom. The van der Waals surface area contributed by atoms with Crippen molar-refractivity contribution in [3.63, 3.8) is 0 Å². The van der Waals surface area contributed by atoms with E-state index < -0.39 is 0 Å². The Hall–Kier alpha value is -1.45. The lowest BCUT2D eigenvalue weighted by atomic mass is 10.2. The Morgan fingerprint density at radius 3 is 2.83 bits per heavy atom. The van der Waals surface area contributed by atoms with E-state index in [1.165, 1.54) is 12.8 Å². The van der Waals surface area contributed by atoms with Crippen LogP contribution in [0.1, 0.15) is 33.1 Å². The number of nitrogen functional groups attached to an aromatic ring is 1. The lowest BCUT2D eigenvalue weighted by molar-refractivity contribution is 0.307. The minimum absolute atomic E-state index is 0.528. The summed E-state index contributed by atoms with van der Waals surface area (Å²) in [5, 5.41) is 0. The molecule has 0 saturated heterocycles. The van der Waals surface area contributed by atoms with Crippen molar-refractivity contribution in [2.75, 3.05) is 24.3 Å². The number of pyridine rings is 1. The monoisotopic (exact) mass is 249 g/mol. The summed E-state index contributed by atoms with van der Waals surface area (Å²) in [5.41, 5.74) is 6.48. The minimum atomic E-state index is 0.528. The van der Waals surface area contributed by atoms with Crippen LogP contribution in [0.4, 0.5) is 11.5 Å². The molecular weight excluding hydrogens is 226 g/mol. The highest BCUT2D eigenvalue weighted by molar-refractivity contribution is 5.54. The third-order valence-electron chi connectivity index (χ3n) is 3.59. The van der Waals surface area contributed by atoms with Gasteiger partial charge in [-0.25, -0.2) is 0 Å². The molecule has 0 aromatic carbocycles. The predicted octanol–water partition coefficient (Wildman–Crippen LogP) is 2.69. The zero-order valence-electron chi connectivity index (χ0n) is 11.5. The molecule has 0 spiro atoms. The van der Waals surface area contributed by atoms with Crippen molar-refractivity contribution in [1.29, 1.82) is 0 Å². The van der Waals surface area contributed by atoms with Gasteiger partial charge in [0.1, 0.15) is 5.82 Å². The molecule has 0 radical (unpaired) electrons. The second kappa shape index (κ2) is 5.46. The standard InChI is InChI=1S/C14H23N3O/c1-4-9-18-14-12(15)7-8-13(16-14)17(3)10(2)11-5-6-11/h7-8,10-11H,4-6,9,15H2,1-3H3. The lowest BCUT2D eigenvalue weighted by Gasteiger charge is -2.26. The number of aromatic nitrogens is 1. The average molecular weight is 249 g/mol. The van der Waals surface area contributed by atoms with E-state index in [2.05, 4.69) is 30.8 Å². The zero-order valence-corrected chi connectivity index (χ0v) is 11.5. The third kappa shape index (κ3) is 2.86. The van der Waals surface area contributed by atoms with E-state index in [1.54, 1.807) is 0 Å². The highest BCUT2D eigenvalue weighted by Crippen LogP contribution is 2.36. The van der Waals surface area contributed by atoms with Gasteiger partial charge in [0, 0.05) is 13.1 Å². The van der Waals surface area contributed by atoms with Gasteiger partial charge in [-0.15, -0.1) is 0 Å². The molecule has 1 fully saturated rings. The van der Waals surface area contributed by atoms with Gasteiger partial charge < -0.3 is 15.4 Å².